The van der Waals surface area contributed by atoms with E-state index in [1.807, 2.05) is 7.05 Å². The number of rotatable bonds is 5. The normalized spacial score (nSPS) is 10.8. The van der Waals surface area contributed by atoms with E-state index in [1.165, 1.54) is 6.07 Å². The zero-order valence-electron chi connectivity index (χ0n) is 10.0. The van der Waals surface area contributed by atoms with Crippen molar-refractivity contribution in [2.75, 3.05) is 6.54 Å². The number of aromatic nitrogens is 3. The molecule has 4 nitrogen and oxygen atoms in total. The molecule has 1 aromatic carbocycles. The van der Waals surface area contributed by atoms with Crippen LogP contribution in [0, 0.1) is 5.82 Å². The molecule has 0 amide bonds. The molecule has 0 radical (unpaired) electrons. The number of hydrogen-bond donors (Lipinski definition) is 1. The maximum Gasteiger partial charge on any atom is 0.151 e. The van der Waals surface area contributed by atoms with Crippen LogP contribution in [0.15, 0.2) is 29.0 Å². The number of hydrogen-bond acceptors (Lipinski definition) is 3. The van der Waals surface area contributed by atoms with Crippen molar-refractivity contribution in [2.24, 2.45) is 7.05 Å². The van der Waals surface area contributed by atoms with Crippen LogP contribution in [0.3, 0.4) is 0 Å². The van der Waals surface area contributed by atoms with Gasteiger partial charge in [-0.05, 0) is 33.6 Å². The van der Waals surface area contributed by atoms with E-state index in [2.05, 4.69) is 31.3 Å². The second-order valence-electron chi connectivity index (χ2n) is 4.01. The Balaban J connectivity index is 1.76. The van der Waals surface area contributed by atoms with Crippen LogP contribution >= 0.6 is 15.9 Å². The van der Waals surface area contributed by atoms with Gasteiger partial charge < -0.3 is 5.32 Å². The summed E-state index contributed by atoms with van der Waals surface area (Å²) >= 11 is 3.17. The van der Waals surface area contributed by atoms with Crippen molar-refractivity contribution in [3.05, 3.63) is 46.2 Å². The molecule has 1 heterocycles. The van der Waals surface area contributed by atoms with Gasteiger partial charge in [-0.15, -0.1) is 0 Å². The highest BCUT2D eigenvalue weighted by Gasteiger charge is 2.01. The Morgan fingerprint density at radius 2 is 2.28 bits per heavy atom. The molecule has 0 aliphatic carbocycles. The van der Waals surface area contributed by atoms with Crippen molar-refractivity contribution < 1.29 is 4.39 Å². The Morgan fingerprint density at radius 1 is 1.44 bits per heavy atom. The molecule has 18 heavy (non-hydrogen) atoms. The van der Waals surface area contributed by atoms with Gasteiger partial charge >= 0.3 is 0 Å². The lowest BCUT2D eigenvalue weighted by Gasteiger charge is -2.04. The minimum absolute atomic E-state index is 0.239. The molecule has 0 atom stereocenters. The van der Waals surface area contributed by atoms with Crippen LogP contribution in [0.25, 0.3) is 0 Å². The third kappa shape index (κ3) is 3.61. The maximum absolute atomic E-state index is 13.0. The van der Waals surface area contributed by atoms with Crippen molar-refractivity contribution in [3.8, 4) is 0 Å². The van der Waals surface area contributed by atoms with E-state index in [-0.39, 0.29) is 5.82 Å². The summed E-state index contributed by atoms with van der Waals surface area (Å²) in [6, 6.07) is 5.01. The molecule has 0 saturated heterocycles. The fourth-order valence-electron chi connectivity index (χ4n) is 1.58. The average Bonchev–Trinajstić information content (AvgIpc) is 2.75. The third-order valence-electron chi connectivity index (χ3n) is 2.49. The summed E-state index contributed by atoms with van der Waals surface area (Å²) in [4.78, 5) is 4.14. The largest absolute Gasteiger partial charge is 0.312 e. The second-order valence-corrected chi connectivity index (χ2v) is 4.86. The van der Waals surface area contributed by atoms with E-state index in [9.17, 15) is 4.39 Å². The molecule has 1 N–H and O–H groups in total. The highest BCUT2D eigenvalue weighted by Crippen LogP contribution is 2.16. The van der Waals surface area contributed by atoms with Crippen LogP contribution < -0.4 is 5.32 Å². The Hall–Kier alpha value is -1.27. The number of benzene rings is 1. The van der Waals surface area contributed by atoms with Gasteiger partial charge in [0, 0.05) is 26.6 Å². The molecule has 2 aromatic rings. The fraction of sp³-hybridized carbons (Fsp3) is 0.333. The standard InChI is InChI=1S/C12H14BrFN4/c1-18-8-16-12(17-18)4-5-15-7-9-2-3-11(14)10(13)6-9/h2-3,6,8,15H,4-5,7H2,1H3. The van der Waals surface area contributed by atoms with E-state index >= 15 is 0 Å². The lowest BCUT2D eigenvalue weighted by molar-refractivity contribution is 0.617. The summed E-state index contributed by atoms with van der Waals surface area (Å²) < 4.78 is 15.2. The summed E-state index contributed by atoms with van der Waals surface area (Å²) in [6.45, 7) is 1.49. The molecule has 96 valence electrons. The summed E-state index contributed by atoms with van der Waals surface area (Å²) in [6.07, 6.45) is 2.47. The Labute approximate surface area is 113 Å². The van der Waals surface area contributed by atoms with Crippen molar-refractivity contribution in [3.63, 3.8) is 0 Å². The van der Waals surface area contributed by atoms with Gasteiger partial charge in [0.25, 0.3) is 0 Å². The molecular weight excluding hydrogens is 299 g/mol. The molecule has 6 heteroatoms. The number of halogens is 2. The van der Waals surface area contributed by atoms with Crippen LogP contribution in [-0.4, -0.2) is 21.3 Å². The van der Waals surface area contributed by atoms with Crippen LogP contribution in [0.1, 0.15) is 11.4 Å². The number of nitrogens with zero attached hydrogens (tertiary/aromatic N) is 3. The minimum atomic E-state index is -0.239. The quantitative estimate of drug-likeness (QED) is 0.859. The van der Waals surface area contributed by atoms with Gasteiger partial charge in [0.2, 0.25) is 0 Å². The van der Waals surface area contributed by atoms with Gasteiger partial charge in [-0.1, -0.05) is 6.07 Å². The molecule has 1 aromatic heterocycles. The first-order chi connectivity index (χ1) is 8.65. The fourth-order valence-corrected chi connectivity index (χ4v) is 2.01. The maximum atomic E-state index is 13.0. The van der Waals surface area contributed by atoms with Gasteiger partial charge in [0.05, 0.1) is 4.47 Å². The molecule has 0 aliphatic heterocycles. The smallest absolute Gasteiger partial charge is 0.151 e. The first-order valence-electron chi connectivity index (χ1n) is 5.64. The lowest BCUT2D eigenvalue weighted by Crippen LogP contribution is -2.17. The van der Waals surface area contributed by atoms with Crippen LogP contribution in [-0.2, 0) is 20.0 Å². The SMILES string of the molecule is Cn1cnc(CCNCc2ccc(F)c(Br)c2)n1. The molecule has 0 bridgehead atoms. The van der Waals surface area contributed by atoms with Crippen molar-refractivity contribution >= 4 is 15.9 Å². The summed E-state index contributed by atoms with van der Waals surface area (Å²) in [5, 5.41) is 7.46. The predicted octanol–water partition coefficient (Wildman–Crippen LogP) is 2.05. The lowest BCUT2D eigenvalue weighted by atomic mass is 10.2. The van der Waals surface area contributed by atoms with Crippen LogP contribution in [0.5, 0.6) is 0 Å². The molecule has 2 rings (SSSR count). The number of nitrogens with one attached hydrogen (secondary N) is 1. The molecule has 0 aliphatic rings. The first kappa shape index (κ1) is 13.2. The first-order valence-corrected chi connectivity index (χ1v) is 6.43. The highest BCUT2D eigenvalue weighted by atomic mass is 79.9. The highest BCUT2D eigenvalue weighted by molar-refractivity contribution is 9.10. The summed E-state index contributed by atoms with van der Waals surface area (Å²) in [7, 11) is 1.85. The molecule has 0 fully saturated rings. The van der Waals surface area contributed by atoms with Crippen LogP contribution in [0.4, 0.5) is 4.39 Å². The minimum Gasteiger partial charge on any atom is -0.312 e. The molecule has 0 saturated carbocycles. The van der Waals surface area contributed by atoms with Gasteiger partial charge in [0.15, 0.2) is 5.82 Å². The van der Waals surface area contributed by atoms with E-state index in [0.717, 1.165) is 24.4 Å². The molecule has 0 unspecified atom stereocenters. The van der Waals surface area contributed by atoms with Crippen molar-refractivity contribution in [1.82, 2.24) is 20.1 Å². The van der Waals surface area contributed by atoms with Gasteiger partial charge in [-0.3, -0.25) is 4.68 Å². The molecule has 0 spiro atoms. The van der Waals surface area contributed by atoms with Gasteiger partial charge in [-0.2, -0.15) is 5.10 Å². The summed E-state index contributed by atoms with van der Waals surface area (Å²) in [5.74, 6) is 0.585. The Morgan fingerprint density at radius 3 is 2.94 bits per heavy atom. The van der Waals surface area contributed by atoms with E-state index in [0.29, 0.717) is 11.0 Å². The topological polar surface area (TPSA) is 42.7 Å². The van der Waals surface area contributed by atoms with Gasteiger partial charge in [0.1, 0.15) is 12.1 Å². The van der Waals surface area contributed by atoms with Gasteiger partial charge in [-0.25, -0.2) is 9.37 Å². The average molecular weight is 313 g/mol. The van der Waals surface area contributed by atoms with E-state index in [4.69, 9.17) is 0 Å². The monoisotopic (exact) mass is 312 g/mol. The molecular formula is C12H14BrFN4. The Kier molecular flexibility index (Phi) is 4.43. The van der Waals surface area contributed by atoms with E-state index in [1.54, 1.807) is 23.1 Å². The van der Waals surface area contributed by atoms with Crippen molar-refractivity contribution in [2.45, 2.75) is 13.0 Å². The Bertz CT molecular complexity index is 527. The summed E-state index contributed by atoms with van der Waals surface area (Å²) in [5.41, 5.74) is 1.04. The third-order valence-corrected chi connectivity index (χ3v) is 3.09. The second kappa shape index (κ2) is 6.06. The van der Waals surface area contributed by atoms with E-state index < -0.39 is 0 Å². The van der Waals surface area contributed by atoms with Crippen molar-refractivity contribution in [1.29, 1.82) is 0 Å². The number of aryl methyl sites for hydroxylation is 1. The van der Waals surface area contributed by atoms with Crippen LogP contribution in [0.2, 0.25) is 0 Å². The zero-order chi connectivity index (χ0) is 13.0. The predicted molar refractivity (Wildman–Crippen MR) is 70.5 cm³/mol. The zero-order valence-corrected chi connectivity index (χ0v) is 11.6.